The van der Waals surface area contributed by atoms with Gasteiger partial charge in [-0.1, -0.05) is 42.6 Å². The summed E-state index contributed by atoms with van der Waals surface area (Å²) < 4.78 is 20.5. The Balaban J connectivity index is 1.74. The molecule has 1 saturated carbocycles. The van der Waals surface area contributed by atoms with Crippen molar-refractivity contribution in [2.24, 2.45) is 0 Å². The SMILES string of the molecule is C[C@H](C(=O)NC1CCCC1)N(Cc1ccccc1F)C(=O)COc1ccc(Cl)cc1Br. The number of nitrogens with one attached hydrogen (secondary N) is 1. The lowest BCUT2D eigenvalue weighted by Gasteiger charge is -2.29. The summed E-state index contributed by atoms with van der Waals surface area (Å²) in [4.78, 5) is 27.2. The molecule has 0 aliphatic heterocycles. The highest BCUT2D eigenvalue weighted by Gasteiger charge is 2.29. The van der Waals surface area contributed by atoms with Gasteiger partial charge in [-0.15, -0.1) is 0 Å². The van der Waals surface area contributed by atoms with E-state index in [9.17, 15) is 14.0 Å². The number of nitrogens with zero attached hydrogens (tertiary/aromatic N) is 1. The van der Waals surface area contributed by atoms with E-state index in [1.54, 1.807) is 43.3 Å². The number of ether oxygens (including phenoxy) is 1. The lowest BCUT2D eigenvalue weighted by Crippen LogP contribution is -2.50. The van der Waals surface area contributed by atoms with Crippen LogP contribution in [0.25, 0.3) is 0 Å². The van der Waals surface area contributed by atoms with Gasteiger partial charge in [0.2, 0.25) is 5.91 Å². The Kier molecular flexibility index (Phi) is 8.32. The van der Waals surface area contributed by atoms with Gasteiger partial charge in [-0.05, 0) is 60.0 Å². The van der Waals surface area contributed by atoms with Gasteiger partial charge in [0.15, 0.2) is 6.61 Å². The summed E-state index contributed by atoms with van der Waals surface area (Å²) in [5.74, 6) is -0.639. The second-order valence-electron chi connectivity index (χ2n) is 7.64. The second-order valence-corrected chi connectivity index (χ2v) is 8.93. The minimum atomic E-state index is -0.773. The van der Waals surface area contributed by atoms with Crippen LogP contribution in [0, 0.1) is 5.82 Å². The molecule has 1 atom stereocenters. The summed E-state index contributed by atoms with van der Waals surface area (Å²) in [6.07, 6.45) is 4.04. The van der Waals surface area contributed by atoms with Gasteiger partial charge in [0, 0.05) is 23.2 Å². The molecule has 3 rings (SSSR count). The Bertz CT molecular complexity index is 937. The molecular formula is C23H25BrClFN2O3. The standard InChI is InChI=1S/C23H25BrClFN2O3/c1-15(23(30)27-18-7-3-4-8-18)28(13-16-6-2-5-9-20(16)26)22(29)14-31-21-11-10-17(25)12-19(21)24/h2,5-6,9-12,15,18H,3-4,7-8,13-14H2,1H3,(H,27,30)/t15-/m1/s1. The number of rotatable bonds is 8. The lowest BCUT2D eigenvalue weighted by molar-refractivity contribution is -0.142. The number of amides is 2. The van der Waals surface area contributed by atoms with E-state index >= 15 is 0 Å². The average molecular weight is 512 g/mol. The third kappa shape index (κ3) is 6.43. The van der Waals surface area contributed by atoms with Gasteiger partial charge in [0.1, 0.15) is 17.6 Å². The lowest BCUT2D eigenvalue weighted by atomic mass is 10.1. The van der Waals surface area contributed by atoms with Crippen molar-refractivity contribution in [3.05, 3.63) is 63.3 Å². The zero-order chi connectivity index (χ0) is 22.4. The molecule has 8 heteroatoms. The van der Waals surface area contributed by atoms with Crippen molar-refractivity contribution in [1.29, 1.82) is 0 Å². The van der Waals surface area contributed by atoms with Crippen molar-refractivity contribution in [1.82, 2.24) is 10.2 Å². The Morgan fingerprint density at radius 2 is 1.97 bits per heavy atom. The van der Waals surface area contributed by atoms with Crippen LogP contribution in [0.15, 0.2) is 46.9 Å². The van der Waals surface area contributed by atoms with E-state index < -0.39 is 17.8 Å². The Morgan fingerprint density at radius 1 is 1.26 bits per heavy atom. The zero-order valence-electron chi connectivity index (χ0n) is 17.2. The van der Waals surface area contributed by atoms with Crippen molar-refractivity contribution < 1.29 is 18.7 Å². The summed E-state index contributed by atoms with van der Waals surface area (Å²) in [7, 11) is 0. The van der Waals surface area contributed by atoms with E-state index in [0.717, 1.165) is 25.7 Å². The van der Waals surface area contributed by atoms with E-state index in [1.165, 1.54) is 11.0 Å². The molecule has 5 nitrogen and oxygen atoms in total. The van der Waals surface area contributed by atoms with Gasteiger partial charge in [-0.25, -0.2) is 4.39 Å². The summed E-state index contributed by atoms with van der Waals surface area (Å²) in [6.45, 7) is 1.33. The van der Waals surface area contributed by atoms with Gasteiger partial charge < -0.3 is 15.0 Å². The topological polar surface area (TPSA) is 58.6 Å². The fraction of sp³-hybridized carbons (Fsp3) is 0.391. The maximum atomic E-state index is 14.3. The fourth-order valence-electron chi connectivity index (χ4n) is 3.60. The van der Waals surface area contributed by atoms with Crippen molar-refractivity contribution >= 4 is 39.3 Å². The molecule has 2 amide bonds. The predicted molar refractivity (Wildman–Crippen MR) is 121 cm³/mol. The van der Waals surface area contributed by atoms with Gasteiger partial charge in [-0.3, -0.25) is 9.59 Å². The predicted octanol–water partition coefficient (Wildman–Crippen LogP) is 5.10. The minimum absolute atomic E-state index is 0.0318. The molecule has 0 radical (unpaired) electrons. The molecule has 0 unspecified atom stereocenters. The van der Waals surface area contributed by atoms with Gasteiger partial charge in [0.05, 0.1) is 4.47 Å². The monoisotopic (exact) mass is 510 g/mol. The van der Waals surface area contributed by atoms with Gasteiger partial charge >= 0.3 is 0 Å². The molecule has 0 bridgehead atoms. The maximum Gasteiger partial charge on any atom is 0.261 e. The van der Waals surface area contributed by atoms with E-state index in [4.69, 9.17) is 16.3 Å². The highest BCUT2D eigenvalue weighted by atomic mass is 79.9. The molecule has 1 fully saturated rings. The molecule has 166 valence electrons. The van der Waals surface area contributed by atoms with Crippen molar-refractivity contribution in [2.45, 2.75) is 51.2 Å². The normalized spacial score (nSPS) is 14.8. The van der Waals surface area contributed by atoms with Crippen molar-refractivity contribution in [2.75, 3.05) is 6.61 Å². The van der Waals surface area contributed by atoms with Crippen LogP contribution < -0.4 is 10.1 Å². The van der Waals surface area contributed by atoms with Crippen LogP contribution in [-0.2, 0) is 16.1 Å². The number of benzene rings is 2. The van der Waals surface area contributed by atoms with Crippen LogP contribution in [0.1, 0.15) is 38.2 Å². The van der Waals surface area contributed by atoms with Crippen LogP contribution in [0.5, 0.6) is 5.75 Å². The van der Waals surface area contributed by atoms with E-state index in [-0.39, 0.29) is 25.1 Å². The Morgan fingerprint density at radius 3 is 2.65 bits per heavy atom. The number of hydrogen-bond acceptors (Lipinski definition) is 3. The van der Waals surface area contributed by atoms with Gasteiger partial charge in [0.25, 0.3) is 5.91 Å². The van der Waals surface area contributed by atoms with Crippen molar-refractivity contribution in [3.63, 3.8) is 0 Å². The molecule has 0 saturated heterocycles. The highest BCUT2D eigenvalue weighted by molar-refractivity contribution is 9.10. The first-order valence-electron chi connectivity index (χ1n) is 10.3. The Labute approximate surface area is 195 Å². The molecule has 0 heterocycles. The van der Waals surface area contributed by atoms with Crippen LogP contribution in [0.3, 0.4) is 0 Å². The van der Waals surface area contributed by atoms with Crippen LogP contribution >= 0.6 is 27.5 Å². The molecule has 1 aliphatic carbocycles. The fourth-order valence-corrected chi connectivity index (χ4v) is 4.40. The first kappa shape index (κ1) is 23.5. The van der Waals surface area contributed by atoms with E-state index in [0.29, 0.717) is 20.8 Å². The van der Waals surface area contributed by atoms with Crippen LogP contribution in [0.2, 0.25) is 5.02 Å². The first-order chi connectivity index (χ1) is 14.8. The molecule has 0 spiro atoms. The molecule has 2 aromatic rings. The molecule has 2 aromatic carbocycles. The largest absolute Gasteiger partial charge is 0.483 e. The summed E-state index contributed by atoms with van der Waals surface area (Å²) >= 11 is 9.29. The summed E-state index contributed by atoms with van der Waals surface area (Å²) in [5, 5.41) is 3.55. The quantitative estimate of drug-likeness (QED) is 0.537. The van der Waals surface area contributed by atoms with Crippen LogP contribution in [0.4, 0.5) is 4.39 Å². The zero-order valence-corrected chi connectivity index (χ0v) is 19.6. The molecular weight excluding hydrogens is 487 g/mol. The Hall–Kier alpha value is -2.12. The first-order valence-corrected chi connectivity index (χ1v) is 11.4. The smallest absolute Gasteiger partial charge is 0.261 e. The number of halogens is 3. The second kappa shape index (κ2) is 11.0. The third-order valence-corrected chi connectivity index (χ3v) is 6.27. The van der Waals surface area contributed by atoms with Gasteiger partial charge in [-0.2, -0.15) is 0 Å². The third-order valence-electron chi connectivity index (χ3n) is 5.41. The molecule has 1 aliphatic rings. The number of carbonyl (C=O) groups is 2. The molecule has 1 N–H and O–H groups in total. The van der Waals surface area contributed by atoms with Crippen molar-refractivity contribution in [3.8, 4) is 5.75 Å². The molecule has 0 aromatic heterocycles. The molecule has 31 heavy (non-hydrogen) atoms. The average Bonchev–Trinajstić information content (AvgIpc) is 3.25. The summed E-state index contributed by atoms with van der Waals surface area (Å²) in [5.41, 5.74) is 0.337. The number of carbonyl (C=O) groups excluding carboxylic acids is 2. The van der Waals surface area contributed by atoms with E-state index in [1.807, 2.05) is 0 Å². The number of hydrogen-bond donors (Lipinski definition) is 1. The van der Waals surface area contributed by atoms with Crippen LogP contribution in [-0.4, -0.2) is 35.4 Å². The minimum Gasteiger partial charge on any atom is -0.483 e. The highest BCUT2D eigenvalue weighted by Crippen LogP contribution is 2.28. The maximum absolute atomic E-state index is 14.3. The summed E-state index contributed by atoms with van der Waals surface area (Å²) in [6, 6.07) is 10.5. The van der Waals surface area contributed by atoms with E-state index in [2.05, 4.69) is 21.2 Å².